The van der Waals surface area contributed by atoms with Crippen LogP contribution in [0.2, 0.25) is 0 Å². The van der Waals surface area contributed by atoms with Gasteiger partial charge in [-0.25, -0.2) is 0 Å². The second kappa shape index (κ2) is 7.38. The number of nitrogens with one attached hydrogen (secondary N) is 1. The summed E-state index contributed by atoms with van der Waals surface area (Å²) < 4.78 is 0. The lowest BCUT2D eigenvalue weighted by atomic mass is 9.75. The van der Waals surface area contributed by atoms with Gasteiger partial charge in [-0.15, -0.1) is 0 Å². The average molecular weight is 241 g/mol. The topological polar surface area (TPSA) is 32.3 Å². The van der Waals surface area contributed by atoms with E-state index in [4.69, 9.17) is 5.11 Å². The fourth-order valence-electron chi connectivity index (χ4n) is 3.15. The van der Waals surface area contributed by atoms with Crippen molar-refractivity contribution >= 4 is 0 Å². The highest BCUT2D eigenvalue weighted by molar-refractivity contribution is 4.83. The van der Waals surface area contributed by atoms with E-state index in [-0.39, 0.29) is 0 Å². The van der Waals surface area contributed by atoms with Crippen LogP contribution in [0, 0.1) is 11.3 Å². The van der Waals surface area contributed by atoms with Gasteiger partial charge in [0.25, 0.3) is 0 Å². The number of rotatable bonds is 7. The Morgan fingerprint density at radius 3 is 2.71 bits per heavy atom. The molecule has 0 aromatic carbocycles. The van der Waals surface area contributed by atoms with Crippen molar-refractivity contribution in [2.75, 3.05) is 13.2 Å². The molecule has 2 N–H and O–H groups in total. The predicted molar refractivity (Wildman–Crippen MR) is 74.1 cm³/mol. The molecule has 1 aliphatic rings. The molecule has 0 radical (unpaired) electrons. The number of hydrogen-bond donors (Lipinski definition) is 2. The van der Waals surface area contributed by atoms with Crippen LogP contribution in [0.25, 0.3) is 0 Å². The second-order valence-electron chi connectivity index (χ2n) is 6.53. The number of aliphatic hydroxyl groups excluding tert-OH is 1. The zero-order chi connectivity index (χ0) is 12.7. The summed E-state index contributed by atoms with van der Waals surface area (Å²) in [6.07, 6.45) is 8.80. The quantitative estimate of drug-likeness (QED) is 0.716. The van der Waals surface area contributed by atoms with Crippen LogP contribution >= 0.6 is 0 Å². The molecule has 1 fully saturated rings. The van der Waals surface area contributed by atoms with Crippen LogP contribution < -0.4 is 5.32 Å². The van der Waals surface area contributed by atoms with Crippen LogP contribution in [0.5, 0.6) is 0 Å². The van der Waals surface area contributed by atoms with Gasteiger partial charge in [0.1, 0.15) is 0 Å². The number of aliphatic hydroxyl groups is 1. The molecule has 1 aliphatic carbocycles. The minimum Gasteiger partial charge on any atom is -0.396 e. The van der Waals surface area contributed by atoms with E-state index in [0.717, 1.165) is 13.0 Å². The van der Waals surface area contributed by atoms with Gasteiger partial charge in [-0.05, 0) is 50.0 Å². The van der Waals surface area contributed by atoms with Crippen molar-refractivity contribution in [3.05, 3.63) is 0 Å². The molecule has 0 spiro atoms. The van der Waals surface area contributed by atoms with Gasteiger partial charge in [0.05, 0.1) is 0 Å². The van der Waals surface area contributed by atoms with Crippen molar-refractivity contribution < 1.29 is 5.11 Å². The normalized spacial score (nSPS) is 25.8. The van der Waals surface area contributed by atoms with Crippen LogP contribution in [0.15, 0.2) is 0 Å². The zero-order valence-corrected chi connectivity index (χ0v) is 12.0. The van der Waals surface area contributed by atoms with Crippen LogP contribution in [-0.2, 0) is 0 Å². The summed E-state index contributed by atoms with van der Waals surface area (Å²) in [5, 5.41) is 12.8. The lowest BCUT2D eigenvalue weighted by molar-refractivity contribution is 0.187. The van der Waals surface area contributed by atoms with Crippen molar-refractivity contribution in [1.82, 2.24) is 5.32 Å². The molecule has 1 rings (SSSR count). The standard InChI is InChI=1S/C15H31NO/c1-4-6-13(8-10-17)12-16-14-7-5-9-15(2,3)11-14/h13-14,16-17H,4-12H2,1-3H3. The van der Waals surface area contributed by atoms with Gasteiger partial charge in [0, 0.05) is 12.6 Å². The first-order chi connectivity index (χ1) is 8.07. The summed E-state index contributed by atoms with van der Waals surface area (Å²) in [6.45, 7) is 8.43. The van der Waals surface area contributed by atoms with Gasteiger partial charge < -0.3 is 10.4 Å². The summed E-state index contributed by atoms with van der Waals surface area (Å²) in [6, 6.07) is 0.705. The van der Waals surface area contributed by atoms with Gasteiger partial charge in [-0.2, -0.15) is 0 Å². The molecule has 2 atom stereocenters. The van der Waals surface area contributed by atoms with Gasteiger partial charge in [-0.3, -0.25) is 0 Å². The Labute approximate surface area is 107 Å². The van der Waals surface area contributed by atoms with Gasteiger partial charge >= 0.3 is 0 Å². The van der Waals surface area contributed by atoms with E-state index < -0.39 is 0 Å². The van der Waals surface area contributed by atoms with E-state index in [9.17, 15) is 0 Å². The average Bonchev–Trinajstić information content (AvgIpc) is 2.25. The van der Waals surface area contributed by atoms with Crippen LogP contribution in [0.3, 0.4) is 0 Å². The first-order valence-electron chi connectivity index (χ1n) is 7.41. The minimum atomic E-state index is 0.336. The smallest absolute Gasteiger partial charge is 0.0434 e. The molecule has 2 nitrogen and oxygen atoms in total. The van der Waals surface area contributed by atoms with Gasteiger partial charge in [0.15, 0.2) is 0 Å². The third-order valence-corrected chi connectivity index (χ3v) is 4.13. The van der Waals surface area contributed by atoms with Crippen molar-refractivity contribution in [3.63, 3.8) is 0 Å². The zero-order valence-electron chi connectivity index (χ0n) is 12.0. The molecule has 17 heavy (non-hydrogen) atoms. The van der Waals surface area contributed by atoms with E-state index in [0.29, 0.717) is 24.0 Å². The Balaban J connectivity index is 2.27. The maximum atomic E-state index is 9.06. The molecular formula is C15H31NO. The maximum Gasteiger partial charge on any atom is 0.0434 e. The summed E-state index contributed by atoms with van der Waals surface area (Å²) in [4.78, 5) is 0. The summed E-state index contributed by atoms with van der Waals surface area (Å²) in [5.74, 6) is 0.662. The van der Waals surface area contributed by atoms with Gasteiger partial charge in [-0.1, -0.05) is 33.6 Å². The third-order valence-electron chi connectivity index (χ3n) is 4.13. The molecule has 0 amide bonds. The highest BCUT2D eigenvalue weighted by atomic mass is 16.3. The molecule has 0 aromatic heterocycles. The lowest BCUT2D eigenvalue weighted by Gasteiger charge is -2.36. The summed E-state index contributed by atoms with van der Waals surface area (Å²) in [7, 11) is 0. The van der Waals surface area contributed by atoms with Crippen LogP contribution in [-0.4, -0.2) is 24.3 Å². The Kier molecular flexibility index (Phi) is 6.50. The van der Waals surface area contributed by atoms with Crippen molar-refractivity contribution in [3.8, 4) is 0 Å². The first kappa shape index (κ1) is 15.0. The highest BCUT2D eigenvalue weighted by Gasteiger charge is 2.27. The van der Waals surface area contributed by atoms with Crippen LogP contribution in [0.4, 0.5) is 0 Å². The predicted octanol–water partition coefficient (Wildman–Crippen LogP) is 3.34. The highest BCUT2D eigenvalue weighted by Crippen LogP contribution is 2.35. The third kappa shape index (κ3) is 5.87. The number of hydrogen-bond acceptors (Lipinski definition) is 2. The Morgan fingerprint density at radius 2 is 2.12 bits per heavy atom. The molecule has 0 saturated heterocycles. The van der Waals surface area contributed by atoms with E-state index >= 15 is 0 Å². The molecule has 2 unspecified atom stereocenters. The van der Waals surface area contributed by atoms with Crippen molar-refractivity contribution in [1.29, 1.82) is 0 Å². The summed E-state index contributed by atoms with van der Waals surface area (Å²) >= 11 is 0. The Hall–Kier alpha value is -0.0800. The Morgan fingerprint density at radius 1 is 1.35 bits per heavy atom. The molecular weight excluding hydrogens is 210 g/mol. The van der Waals surface area contributed by atoms with Crippen molar-refractivity contribution in [2.45, 2.75) is 71.8 Å². The van der Waals surface area contributed by atoms with Crippen molar-refractivity contribution in [2.24, 2.45) is 11.3 Å². The largest absolute Gasteiger partial charge is 0.396 e. The van der Waals surface area contributed by atoms with Gasteiger partial charge in [0.2, 0.25) is 0 Å². The molecule has 0 heterocycles. The minimum absolute atomic E-state index is 0.336. The molecule has 102 valence electrons. The fraction of sp³-hybridized carbons (Fsp3) is 1.00. The van der Waals surface area contributed by atoms with E-state index in [1.165, 1.54) is 38.5 Å². The lowest BCUT2D eigenvalue weighted by Crippen LogP contribution is -2.39. The molecule has 1 saturated carbocycles. The SMILES string of the molecule is CCCC(CCO)CNC1CCCC(C)(C)C1. The summed E-state index contributed by atoms with van der Waals surface area (Å²) in [5.41, 5.74) is 0.521. The van der Waals surface area contributed by atoms with E-state index in [2.05, 4.69) is 26.1 Å². The molecule has 0 bridgehead atoms. The maximum absolute atomic E-state index is 9.06. The molecule has 2 heteroatoms. The van der Waals surface area contributed by atoms with E-state index in [1.807, 2.05) is 0 Å². The molecule has 0 aromatic rings. The monoisotopic (exact) mass is 241 g/mol. The van der Waals surface area contributed by atoms with Crippen LogP contribution in [0.1, 0.15) is 65.7 Å². The molecule has 0 aliphatic heterocycles. The second-order valence-corrected chi connectivity index (χ2v) is 6.53. The first-order valence-corrected chi connectivity index (χ1v) is 7.41. The Bertz CT molecular complexity index is 197. The fourth-order valence-corrected chi connectivity index (χ4v) is 3.15. The van der Waals surface area contributed by atoms with E-state index in [1.54, 1.807) is 0 Å².